The van der Waals surface area contributed by atoms with Crippen molar-refractivity contribution in [3.05, 3.63) is 79.5 Å². The lowest BCUT2D eigenvalue weighted by atomic mass is 9.79. The van der Waals surface area contributed by atoms with E-state index in [2.05, 4.69) is 44.9 Å². The zero-order chi connectivity index (χ0) is 52.5. The number of halogens is 1. The molecule has 3 aromatic carbocycles. The molecule has 72 heavy (non-hydrogen) atoms. The molecule has 388 valence electrons. The third-order valence-corrected chi connectivity index (χ3v) is 14.7. The zero-order valence-corrected chi connectivity index (χ0v) is 44.3. The maximum atomic E-state index is 15.0. The predicted octanol–water partition coefficient (Wildman–Crippen LogP) is 7.44. The number of allylic oxidation sites excluding steroid dienone is 3. The van der Waals surface area contributed by atoms with E-state index >= 15 is 0 Å². The molecule has 0 aliphatic carbocycles. The van der Waals surface area contributed by atoms with Crippen molar-refractivity contribution in [2.24, 2.45) is 29.6 Å². The number of aromatic nitrogens is 1. The van der Waals surface area contributed by atoms with E-state index < -0.39 is 88.0 Å². The van der Waals surface area contributed by atoms with E-state index in [1.54, 1.807) is 38.1 Å². The van der Waals surface area contributed by atoms with Crippen molar-refractivity contribution >= 4 is 83.9 Å². The minimum Gasteiger partial charge on any atom is -0.507 e. The molecule has 4 aliphatic heterocycles. The highest BCUT2D eigenvalue weighted by Crippen LogP contribution is 2.42. The van der Waals surface area contributed by atoms with Gasteiger partial charge < -0.3 is 48.9 Å². The second-order valence-electron chi connectivity index (χ2n) is 20.2. The van der Waals surface area contributed by atoms with Gasteiger partial charge in [0.1, 0.15) is 34.9 Å². The fourth-order valence-electron chi connectivity index (χ4n) is 10.1. The van der Waals surface area contributed by atoms with Gasteiger partial charge >= 0.3 is 17.7 Å². The summed E-state index contributed by atoms with van der Waals surface area (Å²) in [5.41, 5.74) is -1.32. The molecule has 5 heterocycles. The number of carbonyl (C=O) groups excluding carboxylic acids is 3. The number of ether oxygens (including phenoxy) is 4. The monoisotopic (exact) mass is 1060 g/mol. The maximum absolute atomic E-state index is 15.0. The van der Waals surface area contributed by atoms with Gasteiger partial charge in [0.15, 0.2) is 22.4 Å². The molecule has 1 amide bonds. The van der Waals surface area contributed by atoms with E-state index in [0.29, 0.717) is 36.4 Å². The van der Waals surface area contributed by atoms with Crippen molar-refractivity contribution < 1.29 is 53.1 Å². The van der Waals surface area contributed by atoms with E-state index in [1.165, 1.54) is 46.1 Å². The number of amides is 1. The van der Waals surface area contributed by atoms with Crippen LogP contribution in [0.1, 0.15) is 87.1 Å². The van der Waals surface area contributed by atoms with Crippen LogP contribution < -0.4 is 31.0 Å². The molecule has 1 aromatic heterocycles. The lowest BCUT2D eigenvalue weighted by Crippen LogP contribution is -2.47. The van der Waals surface area contributed by atoms with Crippen molar-refractivity contribution in [3.63, 3.8) is 0 Å². The summed E-state index contributed by atoms with van der Waals surface area (Å²) in [6.45, 7) is 21.1. The average Bonchev–Trinajstić information content (AvgIpc) is 3.60. The molecule has 8 rings (SSSR count). The molecule has 0 spiro atoms. The number of hydrogen-bond acceptors (Lipinski definition) is 16. The van der Waals surface area contributed by atoms with Gasteiger partial charge in [-0.15, -0.1) is 0 Å². The Morgan fingerprint density at radius 1 is 0.986 bits per heavy atom. The van der Waals surface area contributed by atoms with Crippen molar-refractivity contribution in [1.82, 2.24) is 9.88 Å². The van der Waals surface area contributed by atoms with Gasteiger partial charge in [-0.2, -0.15) is 0 Å². The van der Waals surface area contributed by atoms with E-state index in [1.807, 2.05) is 13.8 Å². The van der Waals surface area contributed by atoms with Crippen molar-refractivity contribution in [2.45, 2.75) is 113 Å². The van der Waals surface area contributed by atoms with Gasteiger partial charge in [-0.25, -0.2) is 4.98 Å². The molecule has 0 radical (unpaired) electrons. The summed E-state index contributed by atoms with van der Waals surface area (Å²) in [5.74, 6) is -6.44. The highest BCUT2D eigenvalue weighted by Gasteiger charge is 2.44. The number of alkyl halides is 1. The van der Waals surface area contributed by atoms with Crippen LogP contribution in [0.25, 0.3) is 38.7 Å². The number of phenolic OH excluding ortho intramolecular Hbond substituents is 1. The Hall–Kier alpha value is -5.98. The third-order valence-electron chi connectivity index (χ3n) is 14.1. The summed E-state index contributed by atoms with van der Waals surface area (Å²) in [5, 5.41) is 38.9. The molecular weight excluding hydrogens is 993 g/mol. The number of hydrogen-bond donors (Lipinski definition) is 4. The summed E-state index contributed by atoms with van der Waals surface area (Å²) in [6.07, 6.45) is 5.96. The quantitative estimate of drug-likeness (QED) is 0.0582. The highest BCUT2D eigenvalue weighted by atomic mass is 79.9. The first-order valence-electron chi connectivity index (χ1n) is 24.7. The summed E-state index contributed by atoms with van der Waals surface area (Å²) >= 11 is 3.36. The number of aliphatic hydroxyl groups is 2. The molecule has 18 heteroatoms. The summed E-state index contributed by atoms with van der Waals surface area (Å²) in [7, 11) is 0. The number of fused-ring (bicyclic) bond motifs is 14. The minimum atomic E-state index is -1.93. The fraction of sp³-hybridized carbons (Fsp3) is 0.519. The number of rotatable bonds is 8. The fourth-order valence-corrected chi connectivity index (χ4v) is 10.4. The number of anilines is 2. The van der Waals surface area contributed by atoms with Crippen molar-refractivity contribution in [2.75, 3.05) is 48.3 Å². The Morgan fingerprint density at radius 2 is 1.68 bits per heavy atom. The van der Waals surface area contributed by atoms with Crippen LogP contribution in [0.4, 0.5) is 11.4 Å². The number of carbonyl (C=O) groups is 3. The second-order valence-corrected chi connectivity index (χ2v) is 21.0. The SMILES string of the molecule is CC(=O)O[C@H]1[C@H](C)[C@H](O)[C@H](C)[C@@H](OC(=O)CCCBr)[C@@H](C)/C=C/C=C(/C)C(=O)Nc2c(=O)c3c(O)c(C)c4c(c3c3nc5c(=O)cc(N6CCN(CC(C)C)CC6)cc5oc23)=C(O)[C@@](C)(O/C=C/C[C@H]1C)O4. The maximum Gasteiger partial charge on any atom is 0.307 e. The Bertz CT molecular complexity index is 3030. The van der Waals surface area contributed by atoms with Crippen LogP contribution in [0.15, 0.2) is 62.3 Å². The van der Waals surface area contributed by atoms with Gasteiger partial charge in [0.25, 0.3) is 5.91 Å². The number of nitrogens with one attached hydrogen (secondary N) is 1. The predicted molar refractivity (Wildman–Crippen MR) is 279 cm³/mol. The lowest BCUT2D eigenvalue weighted by Gasteiger charge is -2.37. The van der Waals surface area contributed by atoms with Gasteiger partial charge in [0.05, 0.1) is 23.0 Å². The topological polar surface area (TPSA) is 227 Å². The lowest BCUT2D eigenvalue weighted by molar-refractivity contribution is -0.163. The first-order chi connectivity index (χ1) is 34.1. The molecule has 1 saturated heterocycles. The number of nitrogens with zero attached hydrogens (tertiary/aromatic N) is 3. The Morgan fingerprint density at radius 3 is 2.35 bits per heavy atom. The number of piperazine rings is 1. The molecule has 8 atom stereocenters. The normalized spacial score (nSPS) is 27.4. The van der Waals surface area contributed by atoms with Crippen LogP contribution in [0, 0.1) is 36.5 Å². The van der Waals surface area contributed by atoms with Gasteiger partial charge in [-0.1, -0.05) is 75.7 Å². The van der Waals surface area contributed by atoms with Gasteiger partial charge in [-0.05, 0) is 44.6 Å². The van der Waals surface area contributed by atoms with Crippen LogP contribution in [-0.2, 0) is 28.6 Å². The Labute approximate surface area is 426 Å². The Kier molecular flexibility index (Phi) is 16.5. The number of aromatic hydroxyl groups is 1. The van der Waals surface area contributed by atoms with Crippen LogP contribution in [-0.4, -0.2) is 105 Å². The molecule has 4 aliphatic rings. The first kappa shape index (κ1) is 53.8. The summed E-state index contributed by atoms with van der Waals surface area (Å²) in [4.78, 5) is 78.2. The van der Waals surface area contributed by atoms with Crippen molar-refractivity contribution in [1.29, 1.82) is 0 Å². The highest BCUT2D eigenvalue weighted by molar-refractivity contribution is 9.09. The second kappa shape index (κ2) is 22.0. The number of benzene rings is 3. The van der Waals surface area contributed by atoms with E-state index in [4.69, 9.17) is 28.3 Å². The van der Waals surface area contributed by atoms with Crippen LogP contribution in [0.5, 0.6) is 11.5 Å². The molecule has 1 fully saturated rings. The van der Waals surface area contributed by atoms with Crippen molar-refractivity contribution in [3.8, 4) is 11.5 Å². The van der Waals surface area contributed by atoms with E-state index in [-0.39, 0.29) is 73.6 Å². The average molecular weight is 1060 g/mol. The van der Waals surface area contributed by atoms with Gasteiger partial charge in [0.2, 0.25) is 10.9 Å². The standard InChI is InChI=1S/C54H67BrN4O13/c1-27(2)26-58-19-21-59(22-20-58)35-24-36(61)42-37(25-35)70-51-43(56-42)39-40-46(64)33(8)50-41(39)52(66)54(10,72-50)68-23-13-16-29(4)48(69-34(9)60)31(6)45(63)32(7)49(71-38(62)17-12-18-55)28(3)14-11-15-30(5)53(67)57-44(51)47(40)65/h11,13-15,23-25,27-29,31-32,45,48-49,63-64,66H,12,16-22,26H2,1-10H3,(H,57,67)/b14-11+,23-13+,30-15-/t28-,29+,31+,32-,45-,48+,49-,54-/m0/s1. The van der Waals surface area contributed by atoms with E-state index in [0.717, 1.165) is 19.6 Å². The smallest absolute Gasteiger partial charge is 0.307 e. The largest absolute Gasteiger partial charge is 0.507 e. The zero-order valence-electron chi connectivity index (χ0n) is 42.7. The van der Waals surface area contributed by atoms with Crippen LogP contribution in [0.3, 0.4) is 0 Å². The number of phenols is 1. The minimum absolute atomic E-state index is 0.0280. The van der Waals surface area contributed by atoms with Gasteiger partial charge in [0, 0.05) is 110 Å². The molecule has 0 unspecified atom stereocenters. The summed E-state index contributed by atoms with van der Waals surface area (Å²) < 4.78 is 30.9. The molecular formula is C54H67BrN4O13. The first-order valence-corrected chi connectivity index (χ1v) is 25.8. The number of esters is 2. The van der Waals surface area contributed by atoms with Crippen LogP contribution >= 0.6 is 15.9 Å². The molecule has 17 nitrogen and oxygen atoms in total. The molecule has 4 N–H and O–H groups in total. The van der Waals surface area contributed by atoms with Crippen LogP contribution in [0.2, 0.25) is 0 Å². The molecule has 4 aromatic rings. The summed E-state index contributed by atoms with van der Waals surface area (Å²) in [6, 6.07) is 3.17. The van der Waals surface area contributed by atoms with E-state index in [9.17, 15) is 39.3 Å². The molecule has 0 saturated carbocycles. The molecule has 5 bridgehead atoms. The number of aliphatic hydroxyl groups excluding tert-OH is 2. The third kappa shape index (κ3) is 10.9. The van der Waals surface area contributed by atoms with Gasteiger partial charge in [-0.3, -0.25) is 28.9 Å². The Balaban J connectivity index is 1.42.